The molecule has 0 aliphatic rings. The number of hydrogen-bond donors (Lipinski definition) is 0. The van der Waals surface area contributed by atoms with E-state index >= 15 is 0 Å². The molecule has 0 heterocycles. The third kappa shape index (κ3) is 6.22. The van der Waals surface area contributed by atoms with Crippen LogP contribution in [0.4, 0.5) is 0 Å². The fraction of sp³-hybridized carbons (Fsp3) is 0.625. The second kappa shape index (κ2) is 4.64. The van der Waals surface area contributed by atoms with E-state index in [4.69, 9.17) is 28.5 Å². The Morgan fingerprint density at radius 2 is 2.27 bits per heavy atom. The molecule has 0 aromatic heterocycles. The Kier molecular flexibility index (Phi) is 4.56. The summed E-state index contributed by atoms with van der Waals surface area (Å²) in [4.78, 5) is -0.789. The van der Waals surface area contributed by atoms with Gasteiger partial charge >= 0.3 is 0 Å². The highest BCUT2D eigenvalue weighted by molar-refractivity contribution is 6.25. The van der Waals surface area contributed by atoms with Crippen LogP contribution in [0.15, 0.2) is 12.2 Å². The minimum Gasteiger partial charge on any atom is -0.196 e. The third-order valence-electron chi connectivity index (χ3n) is 1.14. The van der Waals surface area contributed by atoms with Crippen molar-refractivity contribution in [3.8, 4) is 6.07 Å². The van der Waals surface area contributed by atoms with Crippen LogP contribution in [-0.2, 0) is 0 Å². The fourth-order valence-electron chi connectivity index (χ4n) is 0.523. The first-order chi connectivity index (χ1) is 4.98. The van der Waals surface area contributed by atoms with Gasteiger partial charge in [-0.2, -0.15) is 5.26 Å². The fourth-order valence-corrected chi connectivity index (χ4v) is 0.714. The summed E-state index contributed by atoms with van der Waals surface area (Å²) in [5.74, 6) is 0. The van der Waals surface area contributed by atoms with Crippen molar-refractivity contribution in [2.24, 2.45) is 0 Å². The van der Waals surface area contributed by atoms with Crippen LogP contribution in [0.5, 0.6) is 0 Å². The molecule has 0 bridgehead atoms. The van der Waals surface area contributed by atoms with Crippen molar-refractivity contribution < 1.29 is 0 Å². The van der Waals surface area contributed by atoms with Gasteiger partial charge in [-0.3, -0.25) is 0 Å². The maximum atomic E-state index is 8.51. The van der Waals surface area contributed by atoms with Gasteiger partial charge in [0.05, 0.1) is 6.07 Å². The van der Waals surface area contributed by atoms with Gasteiger partial charge in [-0.1, -0.05) is 12.2 Å². The van der Waals surface area contributed by atoms with Crippen LogP contribution in [-0.4, -0.2) is 10.3 Å². The Morgan fingerprint density at radius 3 is 2.64 bits per heavy atom. The quantitative estimate of drug-likeness (QED) is 0.497. The second-order valence-corrected chi connectivity index (χ2v) is 4.14. The van der Waals surface area contributed by atoms with Crippen molar-refractivity contribution >= 4 is 23.2 Å². The zero-order valence-corrected chi connectivity index (χ0v) is 8.15. The summed E-state index contributed by atoms with van der Waals surface area (Å²) in [5, 5.41) is 8.51. The first-order valence-corrected chi connectivity index (χ1v) is 4.20. The molecule has 0 aromatic rings. The topological polar surface area (TPSA) is 23.8 Å². The van der Waals surface area contributed by atoms with Crippen molar-refractivity contribution in [2.45, 2.75) is 30.5 Å². The molecule has 2 unspecified atom stereocenters. The highest BCUT2D eigenvalue weighted by atomic mass is 35.5. The summed E-state index contributed by atoms with van der Waals surface area (Å²) in [6, 6.07) is 1.99. The zero-order chi connectivity index (χ0) is 8.91. The van der Waals surface area contributed by atoms with E-state index in [2.05, 4.69) is 0 Å². The molecule has 62 valence electrons. The summed E-state index contributed by atoms with van der Waals surface area (Å²) >= 11 is 11.4. The van der Waals surface area contributed by atoms with Crippen LogP contribution in [0.2, 0.25) is 0 Å². The lowest BCUT2D eigenvalue weighted by Gasteiger charge is -2.07. The Balaban J connectivity index is 3.81. The van der Waals surface area contributed by atoms with E-state index in [1.807, 2.05) is 25.1 Å². The Morgan fingerprint density at radius 1 is 1.73 bits per heavy atom. The standard InChI is InChI=1S/C8H11Cl2N/c1-7(9)4-3-5-8(2,10)6-11/h3-4,7H,5H2,1-2H3/b4-3+. The smallest absolute Gasteiger partial charge is 0.131 e. The SMILES string of the molecule is CC(Cl)/C=C/CC(C)(Cl)C#N. The molecule has 0 fully saturated rings. The predicted molar refractivity (Wildman–Crippen MR) is 48.9 cm³/mol. The lowest BCUT2D eigenvalue weighted by atomic mass is 10.1. The minimum atomic E-state index is -0.789. The molecule has 11 heavy (non-hydrogen) atoms. The number of nitrogens with zero attached hydrogens (tertiary/aromatic N) is 1. The monoisotopic (exact) mass is 191 g/mol. The van der Waals surface area contributed by atoms with Gasteiger partial charge in [0.15, 0.2) is 0 Å². The Bertz CT molecular complexity index is 177. The number of alkyl halides is 2. The number of rotatable bonds is 3. The lowest BCUT2D eigenvalue weighted by molar-refractivity contribution is 0.804. The highest BCUT2D eigenvalue weighted by Gasteiger charge is 2.16. The number of halogens is 2. The molecule has 0 radical (unpaired) electrons. The van der Waals surface area contributed by atoms with Crippen molar-refractivity contribution in [1.82, 2.24) is 0 Å². The predicted octanol–water partition coefficient (Wildman–Crippen LogP) is 3.08. The van der Waals surface area contributed by atoms with Crippen molar-refractivity contribution in [3.63, 3.8) is 0 Å². The largest absolute Gasteiger partial charge is 0.196 e. The second-order valence-electron chi connectivity index (χ2n) is 2.62. The lowest BCUT2D eigenvalue weighted by Crippen LogP contribution is -2.10. The summed E-state index contributed by atoms with van der Waals surface area (Å²) in [6.45, 7) is 3.54. The summed E-state index contributed by atoms with van der Waals surface area (Å²) in [5.41, 5.74) is 0. The third-order valence-corrected chi connectivity index (χ3v) is 1.52. The van der Waals surface area contributed by atoms with Crippen molar-refractivity contribution in [2.75, 3.05) is 0 Å². The maximum Gasteiger partial charge on any atom is 0.131 e. The van der Waals surface area contributed by atoms with Crippen LogP contribution < -0.4 is 0 Å². The minimum absolute atomic E-state index is 0.00107. The van der Waals surface area contributed by atoms with E-state index in [0.717, 1.165) is 0 Å². The molecular weight excluding hydrogens is 181 g/mol. The number of hydrogen-bond acceptors (Lipinski definition) is 1. The number of allylic oxidation sites excluding steroid dienone is 2. The molecule has 0 aliphatic carbocycles. The van der Waals surface area contributed by atoms with Gasteiger partial charge in [0, 0.05) is 5.38 Å². The van der Waals surface area contributed by atoms with Crippen LogP contribution in [0, 0.1) is 11.3 Å². The average molecular weight is 192 g/mol. The molecule has 1 nitrogen and oxygen atoms in total. The molecule has 2 atom stereocenters. The van der Waals surface area contributed by atoms with Crippen LogP contribution >= 0.6 is 23.2 Å². The molecule has 0 spiro atoms. The molecule has 0 saturated heterocycles. The first-order valence-electron chi connectivity index (χ1n) is 3.39. The maximum absolute atomic E-state index is 8.51. The van der Waals surface area contributed by atoms with Gasteiger partial charge in [-0.05, 0) is 20.3 Å². The Labute approximate surface area is 77.6 Å². The first kappa shape index (κ1) is 10.8. The van der Waals surface area contributed by atoms with E-state index in [1.54, 1.807) is 6.92 Å². The van der Waals surface area contributed by atoms with Gasteiger partial charge in [0.1, 0.15) is 4.87 Å². The van der Waals surface area contributed by atoms with Crippen LogP contribution in [0.3, 0.4) is 0 Å². The molecule has 3 heteroatoms. The summed E-state index contributed by atoms with van der Waals surface area (Å²) in [7, 11) is 0. The van der Waals surface area contributed by atoms with Gasteiger partial charge in [0.2, 0.25) is 0 Å². The van der Waals surface area contributed by atoms with E-state index in [0.29, 0.717) is 6.42 Å². The van der Waals surface area contributed by atoms with E-state index in [1.165, 1.54) is 0 Å². The molecule has 0 saturated carbocycles. The summed E-state index contributed by atoms with van der Waals surface area (Å²) < 4.78 is 0. The van der Waals surface area contributed by atoms with E-state index in [9.17, 15) is 0 Å². The zero-order valence-electron chi connectivity index (χ0n) is 6.64. The van der Waals surface area contributed by atoms with Gasteiger partial charge in [0.25, 0.3) is 0 Å². The summed E-state index contributed by atoms with van der Waals surface area (Å²) in [6.07, 6.45) is 4.18. The molecule has 0 rings (SSSR count). The normalized spacial score (nSPS) is 19.2. The molecule has 0 amide bonds. The van der Waals surface area contributed by atoms with Gasteiger partial charge < -0.3 is 0 Å². The Hall–Kier alpha value is -0.190. The van der Waals surface area contributed by atoms with Crippen molar-refractivity contribution in [1.29, 1.82) is 5.26 Å². The van der Waals surface area contributed by atoms with Gasteiger partial charge in [-0.25, -0.2) is 0 Å². The molecular formula is C8H11Cl2N. The van der Waals surface area contributed by atoms with Crippen molar-refractivity contribution in [3.05, 3.63) is 12.2 Å². The molecule has 0 aliphatic heterocycles. The average Bonchev–Trinajstić information content (AvgIpc) is 1.87. The molecule has 0 N–H and O–H groups in total. The van der Waals surface area contributed by atoms with E-state index < -0.39 is 4.87 Å². The highest BCUT2D eigenvalue weighted by Crippen LogP contribution is 2.18. The molecule has 0 aromatic carbocycles. The van der Waals surface area contributed by atoms with Gasteiger partial charge in [-0.15, -0.1) is 23.2 Å². The van der Waals surface area contributed by atoms with Crippen LogP contribution in [0.25, 0.3) is 0 Å². The van der Waals surface area contributed by atoms with Crippen LogP contribution in [0.1, 0.15) is 20.3 Å². The van der Waals surface area contributed by atoms with E-state index in [-0.39, 0.29) is 5.38 Å². The number of nitriles is 1.